The Hall–Kier alpha value is -1.72. The molecule has 76 valence electrons. The lowest BCUT2D eigenvalue weighted by atomic mass is 10.2. The number of hydrogen-bond acceptors (Lipinski definition) is 2. The van der Waals surface area contributed by atoms with Gasteiger partial charge in [-0.15, -0.1) is 0 Å². The molecule has 6 heteroatoms. The number of nitrogens with one attached hydrogen (secondary N) is 2. The molecular weight excluding hydrogens is 194 g/mol. The summed E-state index contributed by atoms with van der Waals surface area (Å²) in [6.45, 7) is -0.717. The van der Waals surface area contributed by atoms with Crippen LogP contribution < -0.4 is 10.9 Å². The van der Waals surface area contributed by atoms with Crippen LogP contribution in [0.4, 0.5) is 8.78 Å². The van der Waals surface area contributed by atoms with Crippen LogP contribution in [0.2, 0.25) is 0 Å². The molecule has 0 aliphatic rings. The van der Waals surface area contributed by atoms with Crippen molar-refractivity contribution in [1.29, 1.82) is 0 Å². The molecule has 1 aromatic rings. The van der Waals surface area contributed by atoms with E-state index >= 15 is 0 Å². The van der Waals surface area contributed by atoms with Crippen LogP contribution in [0.3, 0.4) is 0 Å². The van der Waals surface area contributed by atoms with E-state index in [0.29, 0.717) is 0 Å². The molecule has 0 bridgehead atoms. The molecular formula is C8H8F2N2O2. The largest absolute Gasteiger partial charge is 0.346 e. The van der Waals surface area contributed by atoms with Gasteiger partial charge in [0.25, 0.3) is 12.3 Å². The van der Waals surface area contributed by atoms with E-state index in [4.69, 9.17) is 0 Å². The van der Waals surface area contributed by atoms with Gasteiger partial charge in [-0.05, 0) is 6.07 Å². The molecule has 14 heavy (non-hydrogen) atoms. The van der Waals surface area contributed by atoms with Gasteiger partial charge in [0.15, 0.2) is 0 Å². The summed E-state index contributed by atoms with van der Waals surface area (Å²) in [5.74, 6) is -0.684. The van der Waals surface area contributed by atoms with Crippen molar-refractivity contribution < 1.29 is 13.6 Å². The molecule has 0 unspecified atom stereocenters. The van der Waals surface area contributed by atoms with Gasteiger partial charge >= 0.3 is 0 Å². The summed E-state index contributed by atoms with van der Waals surface area (Å²) in [4.78, 5) is 24.2. The molecule has 0 aliphatic carbocycles. The van der Waals surface area contributed by atoms with Crippen molar-refractivity contribution in [1.82, 2.24) is 10.3 Å². The van der Waals surface area contributed by atoms with E-state index in [-0.39, 0.29) is 5.56 Å². The molecule has 0 aromatic carbocycles. The fourth-order valence-electron chi connectivity index (χ4n) is 0.858. The summed E-state index contributed by atoms with van der Waals surface area (Å²) in [5, 5.41) is 1.98. The summed E-state index contributed by atoms with van der Waals surface area (Å²) in [6.07, 6.45) is -1.32. The molecule has 1 amide bonds. The maximum Gasteiger partial charge on any atom is 0.255 e. The van der Waals surface area contributed by atoms with E-state index < -0.39 is 24.4 Å². The molecule has 0 saturated carbocycles. The number of H-pyrrole nitrogens is 1. The van der Waals surface area contributed by atoms with Crippen LogP contribution >= 0.6 is 0 Å². The molecule has 2 N–H and O–H groups in total. The first kappa shape index (κ1) is 10.4. The van der Waals surface area contributed by atoms with Gasteiger partial charge < -0.3 is 10.3 Å². The average Bonchev–Trinajstić information content (AvgIpc) is 2.14. The van der Waals surface area contributed by atoms with Gasteiger partial charge in [0.2, 0.25) is 5.56 Å². The molecule has 1 heterocycles. The Morgan fingerprint density at radius 1 is 1.57 bits per heavy atom. The predicted octanol–water partition coefficient (Wildman–Crippen LogP) is 0.370. The van der Waals surface area contributed by atoms with Gasteiger partial charge in [-0.3, -0.25) is 9.59 Å². The number of amides is 1. The molecule has 0 atom stereocenters. The molecule has 1 aromatic heterocycles. The average molecular weight is 202 g/mol. The first-order valence-corrected chi connectivity index (χ1v) is 3.84. The third-order valence-electron chi connectivity index (χ3n) is 1.45. The molecule has 0 saturated heterocycles. The van der Waals surface area contributed by atoms with Gasteiger partial charge in [-0.1, -0.05) is 0 Å². The van der Waals surface area contributed by atoms with Gasteiger partial charge in [0.05, 0.1) is 6.54 Å². The highest BCUT2D eigenvalue weighted by Gasteiger charge is 2.08. The van der Waals surface area contributed by atoms with Crippen molar-refractivity contribution in [2.75, 3.05) is 6.54 Å². The Balaban J connectivity index is 2.65. The number of hydrogen-bond donors (Lipinski definition) is 2. The van der Waals surface area contributed by atoms with E-state index in [1.165, 1.54) is 12.3 Å². The Morgan fingerprint density at radius 3 is 2.86 bits per heavy atom. The SMILES string of the molecule is O=C(NCC(F)F)c1cc[nH]c(=O)c1. The van der Waals surface area contributed by atoms with E-state index in [0.717, 1.165) is 6.07 Å². The Morgan fingerprint density at radius 2 is 2.29 bits per heavy atom. The zero-order valence-corrected chi connectivity index (χ0v) is 7.09. The zero-order chi connectivity index (χ0) is 10.6. The van der Waals surface area contributed by atoms with Crippen molar-refractivity contribution in [3.05, 3.63) is 34.2 Å². The Kier molecular flexibility index (Phi) is 3.33. The Labute approximate surface area is 77.9 Å². The topological polar surface area (TPSA) is 62.0 Å². The summed E-state index contributed by atoms with van der Waals surface area (Å²) in [7, 11) is 0. The van der Waals surface area contributed by atoms with Crippen LogP contribution in [-0.4, -0.2) is 23.9 Å². The zero-order valence-electron chi connectivity index (χ0n) is 7.09. The van der Waals surface area contributed by atoms with Crippen LogP contribution in [0.1, 0.15) is 10.4 Å². The van der Waals surface area contributed by atoms with Crippen molar-refractivity contribution in [3.8, 4) is 0 Å². The van der Waals surface area contributed by atoms with Gasteiger partial charge in [-0.25, -0.2) is 8.78 Å². The standard InChI is InChI=1S/C8H8F2N2O2/c9-6(10)4-12-8(14)5-1-2-11-7(13)3-5/h1-3,6H,4H2,(H,11,13)(H,12,14). The molecule has 0 aliphatic heterocycles. The van der Waals surface area contributed by atoms with Crippen molar-refractivity contribution >= 4 is 5.91 Å². The number of rotatable bonds is 3. The molecule has 0 spiro atoms. The lowest BCUT2D eigenvalue weighted by Gasteiger charge is -2.02. The highest BCUT2D eigenvalue weighted by Crippen LogP contribution is 1.94. The third kappa shape index (κ3) is 2.96. The number of carbonyl (C=O) groups is 1. The minimum Gasteiger partial charge on any atom is -0.346 e. The quantitative estimate of drug-likeness (QED) is 0.743. The van der Waals surface area contributed by atoms with Crippen molar-refractivity contribution in [3.63, 3.8) is 0 Å². The fourth-order valence-corrected chi connectivity index (χ4v) is 0.858. The van der Waals surface area contributed by atoms with Crippen LogP contribution in [0, 0.1) is 0 Å². The minimum absolute atomic E-state index is 0.0643. The minimum atomic E-state index is -2.60. The van der Waals surface area contributed by atoms with Crippen molar-refractivity contribution in [2.24, 2.45) is 0 Å². The van der Waals surface area contributed by atoms with Crippen LogP contribution in [0.15, 0.2) is 23.1 Å². The highest BCUT2D eigenvalue weighted by atomic mass is 19.3. The normalized spacial score (nSPS) is 10.2. The molecule has 0 radical (unpaired) electrons. The van der Waals surface area contributed by atoms with E-state index in [1.807, 2.05) is 5.32 Å². The van der Waals surface area contributed by atoms with E-state index in [1.54, 1.807) is 0 Å². The smallest absolute Gasteiger partial charge is 0.255 e. The van der Waals surface area contributed by atoms with E-state index in [2.05, 4.69) is 4.98 Å². The molecule has 0 fully saturated rings. The fraction of sp³-hybridized carbons (Fsp3) is 0.250. The highest BCUT2D eigenvalue weighted by molar-refractivity contribution is 5.93. The molecule has 4 nitrogen and oxygen atoms in total. The van der Waals surface area contributed by atoms with E-state index in [9.17, 15) is 18.4 Å². The van der Waals surface area contributed by atoms with Crippen LogP contribution in [-0.2, 0) is 0 Å². The maximum atomic E-state index is 11.7. The number of alkyl halides is 2. The number of carbonyl (C=O) groups excluding carboxylic acids is 1. The first-order valence-electron chi connectivity index (χ1n) is 3.84. The van der Waals surface area contributed by atoms with Gasteiger partial charge in [-0.2, -0.15) is 0 Å². The lowest BCUT2D eigenvalue weighted by Crippen LogP contribution is -2.29. The number of aromatic amines is 1. The maximum absolute atomic E-state index is 11.7. The second kappa shape index (κ2) is 4.50. The summed E-state index contributed by atoms with van der Waals surface area (Å²) < 4.78 is 23.4. The van der Waals surface area contributed by atoms with Gasteiger partial charge in [0, 0.05) is 17.8 Å². The lowest BCUT2D eigenvalue weighted by molar-refractivity contribution is 0.0891. The number of aromatic nitrogens is 1. The second-order valence-corrected chi connectivity index (χ2v) is 2.54. The van der Waals surface area contributed by atoms with Gasteiger partial charge in [0.1, 0.15) is 0 Å². The first-order chi connectivity index (χ1) is 6.59. The third-order valence-corrected chi connectivity index (χ3v) is 1.45. The summed E-state index contributed by atoms with van der Waals surface area (Å²) in [5.41, 5.74) is -0.385. The predicted molar refractivity (Wildman–Crippen MR) is 45.4 cm³/mol. The number of halogens is 2. The monoisotopic (exact) mass is 202 g/mol. The number of pyridine rings is 1. The molecule has 1 rings (SSSR count). The van der Waals surface area contributed by atoms with Crippen LogP contribution in [0.5, 0.6) is 0 Å². The summed E-state index contributed by atoms with van der Waals surface area (Å²) in [6, 6.07) is 2.38. The van der Waals surface area contributed by atoms with Crippen molar-refractivity contribution in [2.45, 2.75) is 6.43 Å². The second-order valence-electron chi connectivity index (χ2n) is 2.54. The van der Waals surface area contributed by atoms with Crippen LogP contribution in [0.25, 0.3) is 0 Å². The summed E-state index contributed by atoms with van der Waals surface area (Å²) >= 11 is 0. The Bertz CT molecular complexity index is 376.